The molecule has 30 heavy (non-hydrogen) atoms. The zero-order chi connectivity index (χ0) is 21.4. The molecule has 0 radical (unpaired) electrons. The fourth-order valence-corrected chi connectivity index (χ4v) is 4.73. The van der Waals surface area contributed by atoms with Crippen molar-refractivity contribution in [2.75, 3.05) is 7.11 Å². The number of hydrogen-bond donors (Lipinski definition) is 1. The summed E-state index contributed by atoms with van der Waals surface area (Å²) >= 11 is 0. The number of carbonyl (C=O) groups excluding carboxylic acids is 2. The second kappa shape index (κ2) is 7.98. The molecule has 2 aromatic carbocycles. The number of aliphatic hydroxyl groups is 1. The number of amides is 1. The summed E-state index contributed by atoms with van der Waals surface area (Å²) in [6.07, 6.45) is 3.84. The molecule has 2 aliphatic rings. The predicted octanol–water partition coefficient (Wildman–Crippen LogP) is 4.68. The molecule has 0 spiro atoms. The number of likely N-dealkylation sites (tertiary alicyclic amines) is 1. The lowest BCUT2D eigenvalue weighted by Crippen LogP contribution is -2.37. The standard InChI is InChI=1S/C25H27NO4/c1-15-7-6-8-17(13-15)22-21(23(27)19-14-16(2)11-12-20(19)30-3)24(28)25(29)26(22)18-9-4-5-10-18/h6-8,11-14,18,22,27H,4-5,9-10H2,1-3H3/b23-21+. The SMILES string of the molecule is COc1ccc(C)cc1/C(O)=C1\C(=O)C(=O)N(C2CCCC2)C1c1cccc(C)c1. The summed E-state index contributed by atoms with van der Waals surface area (Å²) in [5, 5.41) is 11.3. The molecule has 1 atom stereocenters. The van der Waals surface area contributed by atoms with Crippen molar-refractivity contribution in [3.8, 4) is 5.75 Å². The van der Waals surface area contributed by atoms with Gasteiger partial charge in [-0.15, -0.1) is 0 Å². The maximum absolute atomic E-state index is 13.2. The summed E-state index contributed by atoms with van der Waals surface area (Å²) in [6.45, 7) is 3.89. The van der Waals surface area contributed by atoms with Crippen LogP contribution in [-0.4, -0.2) is 34.8 Å². The maximum atomic E-state index is 13.2. The number of ether oxygens (including phenoxy) is 1. The molecule has 2 aromatic rings. The van der Waals surface area contributed by atoms with Crippen molar-refractivity contribution >= 4 is 17.4 Å². The van der Waals surface area contributed by atoms with E-state index < -0.39 is 17.7 Å². The first kappa shape index (κ1) is 20.2. The van der Waals surface area contributed by atoms with Gasteiger partial charge in [-0.25, -0.2) is 0 Å². The number of methoxy groups -OCH3 is 1. The van der Waals surface area contributed by atoms with Crippen LogP contribution in [0.2, 0.25) is 0 Å². The van der Waals surface area contributed by atoms with Crippen LogP contribution < -0.4 is 4.74 Å². The molecular weight excluding hydrogens is 378 g/mol. The van der Waals surface area contributed by atoms with Crippen LogP contribution >= 0.6 is 0 Å². The van der Waals surface area contributed by atoms with E-state index in [1.165, 1.54) is 7.11 Å². The van der Waals surface area contributed by atoms with Crippen LogP contribution in [0.5, 0.6) is 5.75 Å². The van der Waals surface area contributed by atoms with Gasteiger partial charge in [0.05, 0.1) is 24.3 Å². The van der Waals surface area contributed by atoms with E-state index in [0.29, 0.717) is 11.3 Å². The molecule has 1 N–H and O–H groups in total. The van der Waals surface area contributed by atoms with Crippen molar-refractivity contribution in [3.63, 3.8) is 0 Å². The summed E-state index contributed by atoms with van der Waals surface area (Å²) in [5.41, 5.74) is 3.38. The number of rotatable bonds is 4. The van der Waals surface area contributed by atoms with Gasteiger partial charge in [0, 0.05) is 6.04 Å². The second-order valence-corrected chi connectivity index (χ2v) is 8.26. The molecule has 1 saturated heterocycles. The minimum absolute atomic E-state index is 0.0108. The molecule has 1 aliphatic heterocycles. The number of benzene rings is 2. The molecule has 5 heteroatoms. The fraction of sp³-hybridized carbons (Fsp3) is 0.360. The van der Waals surface area contributed by atoms with Crippen molar-refractivity contribution in [3.05, 3.63) is 70.3 Å². The normalized spacial score (nSPS) is 21.4. The smallest absolute Gasteiger partial charge is 0.295 e. The molecule has 1 heterocycles. The third-order valence-corrected chi connectivity index (χ3v) is 6.17. The molecule has 1 amide bonds. The number of carbonyl (C=O) groups is 2. The summed E-state index contributed by atoms with van der Waals surface area (Å²) in [5.74, 6) is -0.870. The molecule has 2 fully saturated rings. The van der Waals surface area contributed by atoms with E-state index in [2.05, 4.69) is 0 Å². The quantitative estimate of drug-likeness (QED) is 0.456. The first-order chi connectivity index (χ1) is 14.4. The van der Waals surface area contributed by atoms with Crippen LogP contribution in [0.4, 0.5) is 0 Å². The van der Waals surface area contributed by atoms with E-state index in [0.717, 1.165) is 42.4 Å². The Hall–Kier alpha value is -3.08. The molecule has 1 saturated carbocycles. The minimum Gasteiger partial charge on any atom is -0.507 e. The number of aryl methyl sites for hydroxylation is 2. The molecule has 156 valence electrons. The zero-order valence-electron chi connectivity index (χ0n) is 17.6. The average molecular weight is 405 g/mol. The average Bonchev–Trinajstić information content (AvgIpc) is 3.34. The Kier molecular flexibility index (Phi) is 5.37. The highest BCUT2D eigenvalue weighted by atomic mass is 16.5. The lowest BCUT2D eigenvalue weighted by atomic mass is 9.93. The van der Waals surface area contributed by atoms with E-state index in [9.17, 15) is 14.7 Å². The van der Waals surface area contributed by atoms with Crippen LogP contribution in [0.3, 0.4) is 0 Å². The first-order valence-electron chi connectivity index (χ1n) is 10.4. The van der Waals surface area contributed by atoms with Crippen LogP contribution in [0.1, 0.15) is 54.0 Å². The van der Waals surface area contributed by atoms with Crippen LogP contribution in [0.15, 0.2) is 48.0 Å². The van der Waals surface area contributed by atoms with Crippen molar-refractivity contribution in [2.24, 2.45) is 0 Å². The van der Waals surface area contributed by atoms with E-state index >= 15 is 0 Å². The van der Waals surface area contributed by atoms with Crippen LogP contribution in [0.25, 0.3) is 5.76 Å². The molecule has 1 unspecified atom stereocenters. The lowest BCUT2D eigenvalue weighted by Gasteiger charge is -2.31. The van der Waals surface area contributed by atoms with Gasteiger partial charge in [-0.3, -0.25) is 9.59 Å². The Morgan fingerprint density at radius 1 is 1.03 bits per heavy atom. The van der Waals surface area contributed by atoms with Gasteiger partial charge in [0.2, 0.25) is 0 Å². The van der Waals surface area contributed by atoms with Gasteiger partial charge >= 0.3 is 0 Å². The largest absolute Gasteiger partial charge is 0.507 e. The molecule has 1 aliphatic carbocycles. The van der Waals surface area contributed by atoms with Gasteiger partial charge in [0.1, 0.15) is 11.5 Å². The van der Waals surface area contributed by atoms with Crippen molar-refractivity contribution < 1.29 is 19.4 Å². The molecule has 0 aromatic heterocycles. The Labute approximate surface area is 177 Å². The second-order valence-electron chi connectivity index (χ2n) is 8.26. The predicted molar refractivity (Wildman–Crippen MR) is 115 cm³/mol. The molecular formula is C25H27NO4. The number of hydrogen-bond acceptors (Lipinski definition) is 4. The number of nitrogens with zero attached hydrogens (tertiary/aromatic N) is 1. The van der Waals surface area contributed by atoms with Crippen molar-refractivity contribution in [2.45, 2.75) is 51.6 Å². The van der Waals surface area contributed by atoms with Gasteiger partial charge in [0.25, 0.3) is 11.7 Å². The third-order valence-electron chi connectivity index (χ3n) is 6.17. The van der Waals surface area contributed by atoms with Gasteiger partial charge in [-0.05, 0) is 44.4 Å². The minimum atomic E-state index is -0.630. The van der Waals surface area contributed by atoms with E-state index in [1.807, 2.05) is 44.2 Å². The Bertz CT molecular complexity index is 1030. The first-order valence-corrected chi connectivity index (χ1v) is 10.4. The van der Waals surface area contributed by atoms with Crippen molar-refractivity contribution in [1.29, 1.82) is 0 Å². The van der Waals surface area contributed by atoms with E-state index in [4.69, 9.17) is 4.74 Å². The summed E-state index contributed by atoms with van der Waals surface area (Å²) in [7, 11) is 1.52. The highest BCUT2D eigenvalue weighted by molar-refractivity contribution is 6.46. The lowest BCUT2D eigenvalue weighted by molar-refractivity contribution is -0.141. The van der Waals surface area contributed by atoms with Gasteiger partial charge < -0.3 is 14.7 Å². The topological polar surface area (TPSA) is 66.8 Å². The van der Waals surface area contributed by atoms with Crippen LogP contribution in [-0.2, 0) is 9.59 Å². The highest BCUT2D eigenvalue weighted by Crippen LogP contribution is 2.44. The zero-order valence-corrected chi connectivity index (χ0v) is 17.6. The third kappa shape index (κ3) is 3.38. The Balaban J connectivity index is 1.94. The van der Waals surface area contributed by atoms with E-state index in [1.54, 1.807) is 17.0 Å². The van der Waals surface area contributed by atoms with Gasteiger partial charge in [-0.2, -0.15) is 0 Å². The van der Waals surface area contributed by atoms with E-state index in [-0.39, 0.29) is 17.4 Å². The van der Waals surface area contributed by atoms with Crippen LogP contribution in [0, 0.1) is 13.8 Å². The summed E-state index contributed by atoms with van der Waals surface area (Å²) < 4.78 is 5.43. The number of ketones is 1. The molecule has 4 rings (SSSR count). The van der Waals surface area contributed by atoms with Gasteiger partial charge in [0.15, 0.2) is 0 Å². The maximum Gasteiger partial charge on any atom is 0.295 e. The highest BCUT2D eigenvalue weighted by Gasteiger charge is 2.49. The van der Waals surface area contributed by atoms with Gasteiger partial charge in [-0.1, -0.05) is 54.3 Å². The number of Topliss-reactive ketones (excluding diaryl/α,β-unsaturated/α-hetero) is 1. The fourth-order valence-electron chi connectivity index (χ4n) is 4.73. The molecule has 5 nitrogen and oxygen atoms in total. The Morgan fingerprint density at radius 3 is 2.40 bits per heavy atom. The number of aliphatic hydroxyl groups excluding tert-OH is 1. The summed E-state index contributed by atoms with van der Waals surface area (Å²) in [4.78, 5) is 28.0. The Morgan fingerprint density at radius 2 is 1.73 bits per heavy atom. The molecule has 0 bridgehead atoms. The summed E-state index contributed by atoms with van der Waals surface area (Å²) in [6, 6.07) is 12.6. The van der Waals surface area contributed by atoms with Crippen molar-refractivity contribution in [1.82, 2.24) is 4.90 Å². The monoisotopic (exact) mass is 405 g/mol.